The lowest BCUT2D eigenvalue weighted by Crippen LogP contribution is -2.18. The average Bonchev–Trinajstić information content (AvgIpc) is 2.94. The van der Waals surface area contributed by atoms with Crippen LogP contribution in [0.4, 0.5) is 11.8 Å². The monoisotopic (exact) mass is 244 g/mol. The number of anilines is 2. The van der Waals surface area contributed by atoms with Crippen LogP contribution < -0.4 is 11.1 Å². The van der Waals surface area contributed by atoms with Gasteiger partial charge in [-0.1, -0.05) is 11.6 Å². The Kier molecular flexibility index (Phi) is 2.93. The topological polar surface area (TPSA) is 63.8 Å². The first-order chi connectivity index (χ1) is 7.13. The van der Waals surface area contributed by atoms with E-state index in [0.29, 0.717) is 15.7 Å². The Morgan fingerprint density at radius 1 is 1.60 bits per heavy atom. The van der Waals surface area contributed by atoms with Crippen molar-refractivity contribution < 1.29 is 0 Å². The summed E-state index contributed by atoms with van der Waals surface area (Å²) in [6.07, 6.45) is 4.65. The van der Waals surface area contributed by atoms with Gasteiger partial charge in [0.1, 0.15) is 11.0 Å². The molecule has 1 aromatic rings. The zero-order valence-electron chi connectivity index (χ0n) is 8.46. The van der Waals surface area contributed by atoms with Gasteiger partial charge < -0.3 is 11.1 Å². The fraction of sp³-hybridized carbons (Fsp3) is 0.556. The van der Waals surface area contributed by atoms with Gasteiger partial charge in [0.25, 0.3) is 0 Å². The van der Waals surface area contributed by atoms with E-state index in [4.69, 9.17) is 17.3 Å². The van der Waals surface area contributed by atoms with E-state index in [0.717, 1.165) is 6.54 Å². The molecule has 0 aliphatic heterocycles. The zero-order valence-corrected chi connectivity index (χ0v) is 10.0. The summed E-state index contributed by atoms with van der Waals surface area (Å²) in [4.78, 5) is 7.86. The second-order valence-electron chi connectivity index (χ2n) is 3.67. The molecule has 1 aromatic heterocycles. The van der Waals surface area contributed by atoms with Gasteiger partial charge in [0.15, 0.2) is 0 Å². The van der Waals surface area contributed by atoms with Crippen LogP contribution in [-0.2, 0) is 0 Å². The first kappa shape index (κ1) is 10.8. The van der Waals surface area contributed by atoms with Crippen molar-refractivity contribution in [3.63, 3.8) is 0 Å². The predicted molar refractivity (Wildman–Crippen MR) is 65.4 cm³/mol. The van der Waals surface area contributed by atoms with Crippen LogP contribution in [0.2, 0.25) is 5.15 Å². The Hall–Kier alpha value is -0.680. The van der Waals surface area contributed by atoms with E-state index in [2.05, 4.69) is 21.5 Å². The molecule has 0 saturated heterocycles. The second kappa shape index (κ2) is 4.06. The fourth-order valence-corrected chi connectivity index (χ4v) is 2.29. The molecule has 82 valence electrons. The predicted octanol–water partition coefficient (Wildman–Crippen LogP) is 2.02. The summed E-state index contributed by atoms with van der Waals surface area (Å²) in [5.74, 6) is 0.909. The molecular weight excluding hydrogens is 232 g/mol. The highest BCUT2D eigenvalue weighted by Crippen LogP contribution is 2.46. The molecular formula is C9H13ClN4S. The minimum atomic E-state index is 0.207. The summed E-state index contributed by atoms with van der Waals surface area (Å²) in [7, 11) is 0. The van der Waals surface area contributed by atoms with Gasteiger partial charge in [0.2, 0.25) is 5.95 Å². The van der Waals surface area contributed by atoms with Crippen molar-refractivity contribution >= 4 is 35.1 Å². The second-order valence-corrected chi connectivity index (χ2v) is 5.34. The largest absolute Gasteiger partial charge is 0.368 e. The Morgan fingerprint density at radius 3 is 2.87 bits per heavy atom. The van der Waals surface area contributed by atoms with Crippen molar-refractivity contribution in [3.05, 3.63) is 11.2 Å². The number of thioether (sulfide) groups is 1. The number of aromatic nitrogens is 2. The number of nitrogens with two attached hydrogens (primary N) is 1. The van der Waals surface area contributed by atoms with E-state index in [1.807, 2.05) is 11.8 Å². The first-order valence-corrected chi connectivity index (χ1v) is 6.33. The van der Waals surface area contributed by atoms with Crippen LogP contribution in [0, 0.1) is 0 Å². The molecule has 0 aromatic carbocycles. The summed E-state index contributed by atoms with van der Waals surface area (Å²) in [6.45, 7) is 0.904. The maximum absolute atomic E-state index is 5.77. The smallest absolute Gasteiger partial charge is 0.223 e. The number of hydrogen-bond acceptors (Lipinski definition) is 5. The van der Waals surface area contributed by atoms with Gasteiger partial charge in [-0.2, -0.15) is 16.7 Å². The Labute approximate surface area is 98.0 Å². The number of rotatable bonds is 4. The van der Waals surface area contributed by atoms with E-state index in [1.165, 1.54) is 12.8 Å². The first-order valence-electron chi connectivity index (χ1n) is 4.73. The maximum Gasteiger partial charge on any atom is 0.223 e. The highest BCUT2D eigenvalue weighted by Gasteiger charge is 2.41. The molecule has 6 heteroatoms. The molecule has 1 aliphatic rings. The molecule has 4 nitrogen and oxygen atoms in total. The molecule has 1 heterocycles. The average molecular weight is 245 g/mol. The quantitative estimate of drug-likeness (QED) is 0.794. The van der Waals surface area contributed by atoms with Crippen molar-refractivity contribution in [2.45, 2.75) is 17.6 Å². The molecule has 0 unspecified atom stereocenters. The SMILES string of the molecule is CSC1(CNc2cc(Cl)nc(N)n2)CC1. The molecule has 0 atom stereocenters. The molecule has 1 fully saturated rings. The highest BCUT2D eigenvalue weighted by molar-refractivity contribution is 8.00. The molecule has 0 radical (unpaired) electrons. The lowest BCUT2D eigenvalue weighted by Gasteiger charge is -2.13. The summed E-state index contributed by atoms with van der Waals surface area (Å²) in [5, 5.41) is 3.62. The van der Waals surface area contributed by atoms with Crippen molar-refractivity contribution in [2.24, 2.45) is 0 Å². The molecule has 15 heavy (non-hydrogen) atoms. The van der Waals surface area contributed by atoms with Gasteiger partial charge in [-0.25, -0.2) is 4.98 Å². The number of nitrogens with zero attached hydrogens (tertiary/aromatic N) is 2. The summed E-state index contributed by atoms with van der Waals surface area (Å²) in [6, 6.07) is 1.69. The third kappa shape index (κ3) is 2.66. The van der Waals surface area contributed by atoms with Crippen LogP contribution in [0.15, 0.2) is 6.07 Å². The van der Waals surface area contributed by atoms with Crippen LogP contribution in [0.5, 0.6) is 0 Å². The summed E-state index contributed by atoms with van der Waals surface area (Å²) < 4.78 is 0.395. The molecule has 0 bridgehead atoms. The Bertz CT molecular complexity index is 347. The van der Waals surface area contributed by atoms with Gasteiger partial charge in [-0.15, -0.1) is 0 Å². The summed E-state index contributed by atoms with van der Waals surface area (Å²) >= 11 is 7.67. The minimum absolute atomic E-state index is 0.207. The normalized spacial score (nSPS) is 17.5. The Morgan fingerprint density at radius 2 is 2.33 bits per heavy atom. The van der Waals surface area contributed by atoms with Gasteiger partial charge in [-0.3, -0.25) is 0 Å². The van der Waals surface area contributed by atoms with Gasteiger partial charge in [0.05, 0.1) is 0 Å². The lowest BCUT2D eigenvalue weighted by molar-refractivity contribution is 0.938. The number of hydrogen-bond donors (Lipinski definition) is 2. The van der Waals surface area contributed by atoms with Crippen LogP contribution in [-0.4, -0.2) is 27.5 Å². The maximum atomic E-state index is 5.77. The van der Waals surface area contributed by atoms with Gasteiger partial charge in [-0.05, 0) is 19.1 Å². The van der Waals surface area contributed by atoms with E-state index in [1.54, 1.807) is 6.07 Å². The standard InChI is InChI=1S/C9H13ClN4S/c1-15-9(2-3-9)5-12-7-4-6(10)13-8(11)14-7/h4H,2-3,5H2,1H3,(H3,11,12,13,14). The number of halogens is 1. The van der Waals surface area contributed by atoms with Crippen molar-refractivity contribution in [3.8, 4) is 0 Å². The third-order valence-electron chi connectivity index (χ3n) is 2.54. The highest BCUT2D eigenvalue weighted by atomic mass is 35.5. The Balaban J connectivity index is 1.99. The van der Waals surface area contributed by atoms with Crippen LogP contribution >= 0.6 is 23.4 Å². The van der Waals surface area contributed by atoms with E-state index in [-0.39, 0.29) is 5.95 Å². The zero-order chi connectivity index (χ0) is 10.9. The molecule has 3 N–H and O–H groups in total. The van der Waals surface area contributed by atoms with Crippen LogP contribution in [0.1, 0.15) is 12.8 Å². The summed E-state index contributed by atoms with van der Waals surface area (Å²) in [5.41, 5.74) is 5.50. The molecule has 0 spiro atoms. The van der Waals surface area contributed by atoms with Crippen molar-refractivity contribution in [1.82, 2.24) is 9.97 Å². The minimum Gasteiger partial charge on any atom is -0.368 e. The van der Waals surface area contributed by atoms with E-state index in [9.17, 15) is 0 Å². The van der Waals surface area contributed by atoms with E-state index >= 15 is 0 Å². The molecule has 1 saturated carbocycles. The van der Waals surface area contributed by atoms with Crippen LogP contribution in [0.25, 0.3) is 0 Å². The molecule has 2 rings (SSSR count). The fourth-order valence-electron chi connectivity index (χ4n) is 1.37. The van der Waals surface area contributed by atoms with Crippen LogP contribution in [0.3, 0.4) is 0 Å². The van der Waals surface area contributed by atoms with Crippen molar-refractivity contribution in [1.29, 1.82) is 0 Å². The lowest BCUT2D eigenvalue weighted by atomic mass is 10.4. The number of nitrogens with one attached hydrogen (secondary N) is 1. The number of nitrogen functional groups attached to an aromatic ring is 1. The van der Waals surface area contributed by atoms with Crippen molar-refractivity contribution in [2.75, 3.05) is 23.9 Å². The third-order valence-corrected chi connectivity index (χ3v) is 4.16. The van der Waals surface area contributed by atoms with Gasteiger partial charge >= 0.3 is 0 Å². The van der Waals surface area contributed by atoms with E-state index < -0.39 is 0 Å². The van der Waals surface area contributed by atoms with Gasteiger partial charge in [0, 0.05) is 17.4 Å². The molecule has 1 aliphatic carbocycles. The molecule has 0 amide bonds.